The van der Waals surface area contributed by atoms with Crippen molar-refractivity contribution in [2.24, 2.45) is 0 Å². The predicted octanol–water partition coefficient (Wildman–Crippen LogP) is 13.8. The molecule has 0 bridgehead atoms. The van der Waals surface area contributed by atoms with Crippen LogP contribution in [0.1, 0.15) is 0 Å². The lowest BCUT2D eigenvalue weighted by atomic mass is 9.93. The van der Waals surface area contributed by atoms with E-state index in [0.717, 1.165) is 44.2 Å². The zero-order valence-corrected chi connectivity index (χ0v) is 29.7. The molecule has 0 saturated heterocycles. The molecule has 3 aromatic heterocycles. The molecular formula is C52H31N3. The van der Waals surface area contributed by atoms with E-state index in [9.17, 15) is 0 Å². The minimum Gasteiger partial charge on any atom is -0.308 e. The Kier molecular flexibility index (Phi) is 6.34. The summed E-state index contributed by atoms with van der Waals surface area (Å²) in [7, 11) is 0. The number of hydrogen-bond donors (Lipinski definition) is 0. The Hall–Kier alpha value is -7.36. The first-order valence-corrected chi connectivity index (χ1v) is 18.8. The second-order valence-electron chi connectivity index (χ2n) is 14.6. The highest BCUT2D eigenvalue weighted by Gasteiger charge is 2.18. The van der Waals surface area contributed by atoms with Crippen molar-refractivity contribution in [2.75, 3.05) is 0 Å². The molecule has 0 amide bonds. The summed E-state index contributed by atoms with van der Waals surface area (Å²) in [5, 5.41) is 9.71. The highest BCUT2D eigenvalue weighted by molar-refractivity contribution is 6.25. The van der Waals surface area contributed by atoms with Crippen LogP contribution in [0.3, 0.4) is 0 Å². The Labute approximate surface area is 316 Å². The third kappa shape index (κ3) is 4.50. The topological polar surface area (TPSA) is 30.2 Å². The number of para-hydroxylation sites is 2. The van der Waals surface area contributed by atoms with E-state index < -0.39 is 0 Å². The molecular weight excluding hydrogens is 667 g/mol. The van der Waals surface area contributed by atoms with Gasteiger partial charge in [-0.05, 0) is 80.6 Å². The summed E-state index contributed by atoms with van der Waals surface area (Å²) < 4.78 is 2.43. The fourth-order valence-electron chi connectivity index (χ4n) is 8.95. The summed E-state index contributed by atoms with van der Waals surface area (Å²) >= 11 is 0. The van der Waals surface area contributed by atoms with Gasteiger partial charge in [-0.1, -0.05) is 146 Å². The zero-order valence-electron chi connectivity index (χ0n) is 29.7. The molecule has 12 rings (SSSR count). The smallest absolute Gasteiger partial charge is 0.0979 e. The van der Waals surface area contributed by atoms with Gasteiger partial charge in [-0.2, -0.15) is 0 Å². The van der Waals surface area contributed by atoms with Crippen molar-refractivity contribution in [1.29, 1.82) is 0 Å². The van der Waals surface area contributed by atoms with Crippen LogP contribution in [0.2, 0.25) is 0 Å². The number of aromatic nitrogens is 3. The molecule has 9 aromatic carbocycles. The third-order valence-electron chi connectivity index (χ3n) is 11.5. The number of rotatable bonds is 4. The molecule has 3 heterocycles. The summed E-state index contributed by atoms with van der Waals surface area (Å²) in [6.45, 7) is 0. The lowest BCUT2D eigenvalue weighted by Crippen LogP contribution is -1.93. The molecule has 55 heavy (non-hydrogen) atoms. The van der Waals surface area contributed by atoms with Crippen LogP contribution in [-0.2, 0) is 0 Å². The number of hydrogen-bond acceptors (Lipinski definition) is 2. The van der Waals surface area contributed by atoms with Crippen LogP contribution < -0.4 is 0 Å². The van der Waals surface area contributed by atoms with Crippen molar-refractivity contribution < 1.29 is 0 Å². The SMILES string of the molecule is c1ccc(-c2ccc3c4ccc(-c5ccccc5)cc4c4nc(-c5cccc(-c6ccc7c(c6)c6cccc8c9ccccc9n7c86)c5)cnc4c3c2)cc1. The molecule has 3 heteroatoms. The molecule has 0 aliphatic rings. The van der Waals surface area contributed by atoms with Crippen molar-refractivity contribution in [1.82, 2.24) is 14.4 Å². The number of fused-ring (bicyclic) bond motifs is 12. The molecule has 0 N–H and O–H groups in total. The minimum absolute atomic E-state index is 0.854. The lowest BCUT2D eigenvalue weighted by molar-refractivity contribution is 1.31. The number of nitrogens with zero attached hydrogens (tertiary/aromatic N) is 3. The second kappa shape index (κ2) is 11.6. The predicted molar refractivity (Wildman–Crippen MR) is 231 cm³/mol. The standard InChI is InChI=1S/C52H31N3/c1-3-11-32(12-4-1)35-21-24-39-40-25-22-36(33-13-5-2-6-14-33)30-46(40)51-50(45(39)29-35)53-31-47(54-51)38-16-9-15-34(27-38)37-23-26-49-44(28-37)43-19-10-18-42-41-17-7-8-20-48(41)55(49)52(42)43/h1-31H. The molecule has 3 nitrogen and oxygen atoms in total. The zero-order chi connectivity index (χ0) is 36.0. The first-order valence-electron chi connectivity index (χ1n) is 18.8. The quantitative estimate of drug-likeness (QED) is 0.171. The molecule has 0 aliphatic heterocycles. The fraction of sp³-hybridized carbons (Fsp3) is 0. The summed E-state index contributed by atoms with van der Waals surface area (Å²) in [6, 6.07) is 65.7. The molecule has 0 aliphatic carbocycles. The van der Waals surface area contributed by atoms with Crippen LogP contribution in [-0.4, -0.2) is 14.4 Å². The largest absolute Gasteiger partial charge is 0.308 e. The average molecular weight is 698 g/mol. The van der Waals surface area contributed by atoms with Crippen LogP contribution in [0.25, 0.3) is 115 Å². The van der Waals surface area contributed by atoms with Gasteiger partial charge in [0.25, 0.3) is 0 Å². The van der Waals surface area contributed by atoms with E-state index in [4.69, 9.17) is 9.97 Å². The first kappa shape index (κ1) is 30.1. The summed E-state index contributed by atoms with van der Waals surface area (Å²) in [6.07, 6.45) is 1.95. The van der Waals surface area contributed by atoms with Crippen molar-refractivity contribution >= 4 is 70.7 Å². The van der Waals surface area contributed by atoms with Gasteiger partial charge in [-0.25, -0.2) is 4.98 Å². The van der Waals surface area contributed by atoms with Crippen molar-refractivity contribution in [3.63, 3.8) is 0 Å². The van der Waals surface area contributed by atoms with E-state index in [1.54, 1.807) is 0 Å². The molecule has 0 atom stereocenters. The first-order chi connectivity index (χ1) is 27.3. The Morgan fingerprint density at radius 3 is 1.56 bits per heavy atom. The molecule has 0 radical (unpaired) electrons. The molecule has 0 unspecified atom stereocenters. The van der Waals surface area contributed by atoms with Crippen LogP contribution >= 0.6 is 0 Å². The third-order valence-corrected chi connectivity index (χ3v) is 11.5. The average Bonchev–Trinajstić information content (AvgIpc) is 3.79. The maximum Gasteiger partial charge on any atom is 0.0979 e. The van der Waals surface area contributed by atoms with Crippen LogP contribution in [0.4, 0.5) is 0 Å². The van der Waals surface area contributed by atoms with Gasteiger partial charge in [0.05, 0.1) is 39.5 Å². The van der Waals surface area contributed by atoms with Crippen molar-refractivity contribution in [3.8, 4) is 44.6 Å². The maximum absolute atomic E-state index is 5.46. The maximum atomic E-state index is 5.46. The van der Waals surface area contributed by atoms with E-state index in [2.05, 4.69) is 186 Å². The minimum atomic E-state index is 0.854. The van der Waals surface area contributed by atoms with Crippen molar-refractivity contribution in [2.45, 2.75) is 0 Å². The summed E-state index contributed by atoms with van der Waals surface area (Å²) in [4.78, 5) is 10.7. The Morgan fingerprint density at radius 1 is 0.309 bits per heavy atom. The van der Waals surface area contributed by atoms with Gasteiger partial charge in [0.2, 0.25) is 0 Å². The molecule has 254 valence electrons. The molecule has 0 spiro atoms. The van der Waals surface area contributed by atoms with E-state index in [1.165, 1.54) is 71.1 Å². The van der Waals surface area contributed by atoms with Gasteiger partial charge in [0, 0.05) is 37.9 Å². The Balaban J connectivity index is 1.04. The van der Waals surface area contributed by atoms with Gasteiger partial charge in [0.15, 0.2) is 0 Å². The van der Waals surface area contributed by atoms with Crippen LogP contribution in [0, 0.1) is 0 Å². The highest BCUT2D eigenvalue weighted by Crippen LogP contribution is 2.41. The van der Waals surface area contributed by atoms with Crippen LogP contribution in [0.15, 0.2) is 188 Å². The van der Waals surface area contributed by atoms with E-state index >= 15 is 0 Å². The highest BCUT2D eigenvalue weighted by atomic mass is 14.9. The van der Waals surface area contributed by atoms with E-state index in [0.29, 0.717) is 0 Å². The number of benzene rings is 9. The normalized spacial score (nSPS) is 12.0. The van der Waals surface area contributed by atoms with Gasteiger partial charge in [0.1, 0.15) is 0 Å². The van der Waals surface area contributed by atoms with E-state index in [1.807, 2.05) is 6.20 Å². The van der Waals surface area contributed by atoms with Gasteiger partial charge >= 0.3 is 0 Å². The molecule has 12 aromatic rings. The fourth-order valence-corrected chi connectivity index (χ4v) is 8.95. The Bertz CT molecular complexity index is 3470. The van der Waals surface area contributed by atoms with Gasteiger partial charge in [-0.15, -0.1) is 0 Å². The monoisotopic (exact) mass is 697 g/mol. The summed E-state index contributed by atoms with van der Waals surface area (Å²) in [5.74, 6) is 0. The van der Waals surface area contributed by atoms with E-state index in [-0.39, 0.29) is 0 Å². The second-order valence-corrected chi connectivity index (χ2v) is 14.6. The molecule has 0 fully saturated rings. The van der Waals surface area contributed by atoms with Gasteiger partial charge < -0.3 is 4.40 Å². The van der Waals surface area contributed by atoms with Gasteiger partial charge in [-0.3, -0.25) is 4.98 Å². The summed E-state index contributed by atoms with van der Waals surface area (Å²) in [5.41, 5.74) is 14.5. The van der Waals surface area contributed by atoms with Crippen molar-refractivity contribution in [3.05, 3.63) is 188 Å². The lowest BCUT2D eigenvalue weighted by Gasteiger charge is -2.14. The Morgan fingerprint density at radius 2 is 0.818 bits per heavy atom. The molecule has 0 saturated carbocycles. The van der Waals surface area contributed by atoms with Crippen LogP contribution in [0.5, 0.6) is 0 Å².